The number of nitrogens with zero attached hydrogens (tertiary/aromatic N) is 1. The Kier molecular flexibility index (Phi) is 3.91. The van der Waals surface area contributed by atoms with Gasteiger partial charge in [-0.15, -0.1) is 0 Å². The lowest BCUT2D eigenvalue weighted by atomic mass is 9.74. The molecule has 2 aliphatic rings. The summed E-state index contributed by atoms with van der Waals surface area (Å²) in [5.41, 5.74) is 5.25. The summed E-state index contributed by atoms with van der Waals surface area (Å²) in [5, 5.41) is 15.2. The average molecular weight is 399 g/mol. The van der Waals surface area contributed by atoms with Gasteiger partial charge in [-0.25, -0.2) is 0 Å². The Morgan fingerprint density at radius 1 is 1.28 bits per heavy atom. The van der Waals surface area contributed by atoms with E-state index in [2.05, 4.69) is 52.5 Å². The van der Waals surface area contributed by atoms with Gasteiger partial charge < -0.3 is 5.32 Å². The molecule has 1 aliphatic carbocycles. The van der Waals surface area contributed by atoms with E-state index in [1.54, 1.807) is 6.07 Å². The largest absolute Gasteiger partial charge is 0.372 e. The minimum Gasteiger partial charge on any atom is -0.372 e. The van der Waals surface area contributed by atoms with E-state index < -0.39 is 0 Å². The lowest BCUT2D eigenvalue weighted by molar-refractivity contribution is -0.384. The van der Waals surface area contributed by atoms with Gasteiger partial charge in [-0.3, -0.25) is 10.1 Å². The number of nitro groups is 1. The van der Waals surface area contributed by atoms with Crippen LogP contribution in [0.3, 0.4) is 0 Å². The van der Waals surface area contributed by atoms with E-state index in [1.807, 2.05) is 19.1 Å². The fraction of sp³-hybridized carbons (Fsp3) is 0.300. The maximum Gasteiger partial charge on any atom is 0.292 e. The SMILES string of the molecule is Cc1cc([N+](=O)[O-])c2c(c1C)[C@@H]1C=CC[C@@H]1[C@@H](c1cccc(Br)c1)N2. The molecule has 0 fully saturated rings. The third-order valence-electron chi connectivity index (χ3n) is 5.55. The van der Waals surface area contributed by atoms with Crippen LogP contribution in [-0.2, 0) is 0 Å². The lowest BCUT2D eigenvalue weighted by Gasteiger charge is -2.38. The Labute approximate surface area is 155 Å². The molecule has 25 heavy (non-hydrogen) atoms. The summed E-state index contributed by atoms with van der Waals surface area (Å²) in [4.78, 5) is 11.4. The molecule has 0 amide bonds. The van der Waals surface area contributed by atoms with Crippen molar-refractivity contribution in [3.05, 3.63) is 79.3 Å². The van der Waals surface area contributed by atoms with Crippen LogP contribution in [0, 0.1) is 29.9 Å². The molecule has 128 valence electrons. The van der Waals surface area contributed by atoms with Crippen LogP contribution in [0.1, 0.15) is 40.6 Å². The summed E-state index contributed by atoms with van der Waals surface area (Å²) < 4.78 is 1.02. The Morgan fingerprint density at radius 2 is 2.08 bits per heavy atom. The van der Waals surface area contributed by atoms with Gasteiger partial charge in [0.15, 0.2) is 0 Å². The Morgan fingerprint density at radius 3 is 2.80 bits per heavy atom. The van der Waals surface area contributed by atoms with E-state index in [0.29, 0.717) is 11.6 Å². The zero-order valence-corrected chi connectivity index (χ0v) is 15.7. The second kappa shape index (κ2) is 5.99. The molecular formula is C20H19BrN2O2. The summed E-state index contributed by atoms with van der Waals surface area (Å²) in [5.74, 6) is 0.598. The molecule has 4 nitrogen and oxygen atoms in total. The Hall–Kier alpha value is -2.14. The minimum atomic E-state index is -0.269. The molecule has 1 N–H and O–H groups in total. The van der Waals surface area contributed by atoms with Crippen molar-refractivity contribution in [2.24, 2.45) is 5.92 Å². The molecule has 0 saturated carbocycles. The number of rotatable bonds is 2. The highest BCUT2D eigenvalue weighted by Crippen LogP contribution is 2.53. The first-order valence-electron chi connectivity index (χ1n) is 8.44. The number of aryl methyl sites for hydroxylation is 1. The molecule has 0 saturated heterocycles. The minimum absolute atomic E-state index is 0.0609. The highest BCUT2D eigenvalue weighted by molar-refractivity contribution is 9.10. The molecule has 3 atom stereocenters. The van der Waals surface area contributed by atoms with Gasteiger partial charge in [0.1, 0.15) is 5.69 Å². The molecule has 4 rings (SSSR count). The third-order valence-corrected chi connectivity index (χ3v) is 6.05. The zero-order chi connectivity index (χ0) is 17.7. The average Bonchev–Trinajstić information content (AvgIpc) is 3.06. The fourth-order valence-electron chi connectivity index (χ4n) is 4.25. The monoisotopic (exact) mass is 398 g/mol. The van der Waals surface area contributed by atoms with Crippen LogP contribution in [0.4, 0.5) is 11.4 Å². The first-order chi connectivity index (χ1) is 12.0. The van der Waals surface area contributed by atoms with Crippen molar-refractivity contribution in [1.82, 2.24) is 0 Å². The van der Waals surface area contributed by atoms with Crippen LogP contribution >= 0.6 is 15.9 Å². The van der Waals surface area contributed by atoms with Crippen LogP contribution < -0.4 is 5.32 Å². The summed E-state index contributed by atoms with van der Waals surface area (Å²) in [7, 11) is 0. The first-order valence-corrected chi connectivity index (χ1v) is 9.24. The highest BCUT2D eigenvalue weighted by Gasteiger charge is 2.41. The van der Waals surface area contributed by atoms with Gasteiger partial charge in [0.2, 0.25) is 0 Å². The molecular weight excluding hydrogens is 380 g/mol. The number of hydrogen-bond acceptors (Lipinski definition) is 3. The number of nitrogens with one attached hydrogen (secondary N) is 1. The van der Waals surface area contributed by atoms with Gasteiger partial charge in [-0.1, -0.05) is 40.2 Å². The van der Waals surface area contributed by atoms with Gasteiger partial charge in [0, 0.05) is 16.5 Å². The smallest absolute Gasteiger partial charge is 0.292 e. The van der Waals surface area contributed by atoms with E-state index >= 15 is 0 Å². The number of fused-ring (bicyclic) bond motifs is 3. The fourth-order valence-corrected chi connectivity index (χ4v) is 4.67. The van der Waals surface area contributed by atoms with E-state index in [9.17, 15) is 10.1 Å². The molecule has 2 aromatic rings. The van der Waals surface area contributed by atoms with E-state index in [-0.39, 0.29) is 22.6 Å². The lowest BCUT2D eigenvalue weighted by Crippen LogP contribution is -2.30. The molecule has 1 heterocycles. The maximum atomic E-state index is 11.7. The quantitative estimate of drug-likeness (QED) is 0.395. The number of anilines is 1. The Bertz CT molecular complexity index is 907. The van der Waals surface area contributed by atoms with Crippen molar-refractivity contribution < 1.29 is 4.92 Å². The van der Waals surface area contributed by atoms with Crippen molar-refractivity contribution in [3.63, 3.8) is 0 Å². The van der Waals surface area contributed by atoms with Gasteiger partial charge >= 0.3 is 0 Å². The third kappa shape index (κ3) is 2.58. The summed E-state index contributed by atoms with van der Waals surface area (Å²) in [6.07, 6.45) is 5.42. The van der Waals surface area contributed by atoms with Gasteiger partial charge in [-0.05, 0) is 60.6 Å². The second-order valence-electron chi connectivity index (χ2n) is 6.91. The molecule has 0 aromatic heterocycles. The molecule has 2 aromatic carbocycles. The van der Waals surface area contributed by atoms with Crippen molar-refractivity contribution >= 4 is 27.3 Å². The van der Waals surface area contributed by atoms with Crippen molar-refractivity contribution in [1.29, 1.82) is 0 Å². The normalized spacial score (nSPS) is 23.7. The molecule has 0 bridgehead atoms. The van der Waals surface area contributed by atoms with Gasteiger partial charge in [0.05, 0.1) is 11.0 Å². The molecule has 1 aliphatic heterocycles. The Balaban J connectivity index is 1.92. The predicted octanol–water partition coefficient (Wildman–Crippen LogP) is 5.80. The van der Waals surface area contributed by atoms with E-state index in [4.69, 9.17) is 0 Å². The van der Waals surface area contributed by atoms with Crippen LogP contribution in [0.2, 0.25) is 0 Å². The molecule has 0 spiro atoms. The van der Waals surface area contributed by atoms with Crippen molar-refractivity contribution in [3.8, 4) is 0 Å². The van der Waals surface area contributed by atoms with Crippen LogP contribution in [0.5, 0.6) is 0 Å². The summed E-state index contributed by atoms with van der Waals surface area (Å²) in [6.45, 7) is 4.03. The van der Waals surface area contributed by atoms with Gasteiger partial charge in [0.25, 0.3) is 5.69 Å². The van der Waals surface area contributed by atoms with E-state index in [1.165, 1.54) is 0 Å². The topological polar surface area (TPSA) is 55.2 Å². The zero-order valence-electron chi connectivity index (χ0n) is 14.1. The molecule has 0 unspecified atom stereocenters. The number of benzene rings is 2. The summed E-state index contributed by atoms with van der Waals surface area (Å²) in [6, 6.07) is 9.97. The number of hydrogen-bond donors (Lipinski definition) is 1. The maximum absolute atomic E-state index is 11.7. The second-order valence-corrected chi connectivity index (χ2v) is 7.83. The standard InChI is InChI=1S/C20H19BrN2O2/c1-11-9-17(23(24)25)20-18(12(11)2)15-7-4-8-16(15)19(22-20)13-5-3-6-14(21)10-13/h3-7,9-10,15-16,19,22H,8H2,1-2H3/t15-,16+,19-/m1/s1. The number of halogens is 1. The summed E-state index contributed by atoms with van der Waals surface area (Å²) >= 11 is 3.54. The van der Waals surface area contributed by atoms with Crippen molar-refractivity contribution in [2.45, 2.75) is 32.2 Å². The highest BCUT2D eigenvalue weighted by atomic mass is 79.9. The van der Waals surface area contributed by atoms with Crippen molar-refractivity contribution in [2.75, 3.05) is 5.32 Å². The van der Waals surface area contributed by atoms with Crippen LogP contribution in [0.25, 0.3) is 0 Å². The molecule has 5 heteroatoms. The van der Waals surface area contributed by atoms with E-state index in [0.717, 1.165) is 33.1 Å². The van der Waals surface area contributed by atoms with Gasteiger partial charge in [-0.2, -0.15) is 0 Å². The first kappa shape index (κ1) is 16.3. The van der Waals surface area contributed by atoms with Crippen LogP contribution in [0.15, 0.2) is 47.0 Å². The number of allylic oxidation sites excluding steroid dienone is 2. The number of nitro benzene ring substituents is 1. The predicted molar refractivity (Wildman–Crippen MR) is 103 cm³/mol. The van der Waals surface area contributed by atoms with Crippen LogP contribution in [-0.4, -0.2) is 4.92 Å². The molecule has 0 radical (unpaired) electrons.